The van der Waals surface area contributed by atoms with Crippen molar-refractivity contribution in [1.82, 2.24) is 0 Å². The van der Waals surface area contributed by atoms with Crippen LogP contribution in [0, 0.1) is 0 Å². The van der Waals surface area contributed by atoms with Crippen LogP contribution >= 0.6 is 11.6 Å². The molecule has 104 valence electrons. The van der Waals surface area contributed by atoms with E-state index < -0.39 is 9.84 Å². The Hall–Kier alpha value is -1.85. The number of carbonyl (C=O) groups excluding carboxylic acids is 1. The zero-order valence-electron chi connectivity index (χ0n) is 10.5. The van der Waals surface area contributed by atoms with Crippen LogP contribution in [-0.2, 0) is 9.84 Å². The molecule has 2 rings (SSSR count). The molecule has 0 atom stereocenters. The summed E-state index contributed by atoms with van der Waals surface area (Å²) in [6.07, 6.45) is 1.74. The smallest absolute Gasteiger partial charge is 0.175 e. The van der Waals surface area contributed by atoms with Crippen LogP contribution < -0.4 is 4.74 Å². The lowest BCUT2D eigenvalue weighted by Crippen LogP contribution is -1.97. The molecule has 0 aliphatic carbocycles. The normalized spacial score (nSPS) is 11.1. The van der Waals surface area contributed by atoms with Gasteiger partial charge in [-0.15, -0.1) is 0 Å². The first-order valence-electron chi connectivity index (χ1n) is 5.63. The van der Waals surface area contributed by atoms with Crippen LogP contribution in [0.2, 0.25) is 5.02 Å². The van der Waals surface area contributed by atoms with Crippen LogP contribution in [0.15, 0.2) is 47.4 Å². The van der Waals surface area contributed by atoms with Gasteiger partial charge in [0.05, 0.1) is 10.5 Å². The van der Waals surface area contributed by atoms with E-state index in [-0.39, 0.29) is 4.90 Å². The van der Waals surface area contributed by atoms with Crippen LogP contribution in [0.3, 0.4) is 0 Å². The molecule has 0 amide bonds. The Morgan fingerprint density at radius 3 is 2.55 bits per heavy atom. The maximum atomic E-state index is 11.5. The summed E-state index contributed by atoms with van der Waals surface area (Å²) in [5.41, 5.74) is 0.294. The number of sulfone groups is 1. The van der Waals surface area contributed by atoms with Crippen molar-refractivity contribution in [3.63, 3.8) is 0 Å². The summed E-state index contributed by atoms with van der Waals surface area (Å²) in [5, 5.41) is 0.421. The second kappa shape index (κ2) is 5.64. The van der Waals surface area contributed by atoms with Gasteiger partial charge in [-0.05, 0) is 36.4 Å². The van der Waals surface area contributed by atoms with Gasteiger partial charge in [-0.1, -0.05) is 17.7 Å². The summed E-state index contributed by atoms with van der Waals surface area (Å²) < 4.78 is 28.5. The largest absolute Gasteiger partial charge is 0.457 e. The second-order valence-corrected chi connectivity index (χ2v) is 6.60. The van der Waals surface area contributed by atoms with Crippen LogP contribution in [0.25, 0.3) is 0 Å². The quantitative estimate of drug-likeness (QED) is 0.813. The van der Waals surface area contributed by atoms with Gasteiger partial charge in [0, 0.05) is 11.3 Å². The van der Waals surface area contributed by atoms with Crippen LogP contribution in [-0.4, -0.2) is 21.0 Å². The van der Waals surface area contributed by atoms with E-state index in [0.717, 1.165) is 6.26 Å². The van der Waals surface area contributed by atoms with E-state index in [2.05, 4.69) is 0 Å². The molecule has 0 aliphatic heterocycles. The third kappa shape index (κ3) is 3.37. The van der Waals surface area contributed by atoms with Crippen molar-refractivity contribution in [2.24, 2.45) is 0 Å². The maximum Gasteiger partial charge on any atom is 0.175 e. The molecule has 4 nitrogen and oxygen atoms in total. The van der Waals surface area contributed by atoms with E-state index in [1.165, 1.54) is 18.2 Å². The van der Waals surface area contributed by atoms with E-state index in [9.17, 15) is 13.2 Å². The first kappa shape index (κ1) is 14.6. The highest BCUT2D eigenvalue weighted by Crippen LogP contribution is 2.28. The van der Waals surface area contributed by atoms with Gasteiger partial charge in [-0.25, -0.2) is 8.42 Å². The first-order valence-corrected chi connectivity index (χ1v) is 7.90. The highest BCUT2D eigenvalue weighted by molar-refractivity contribution is 7.90. The molecule has 0 radical (unpaired) electrons. The minimum absolute atomic E-state index is 0.150. The molecule has 2 aromatic carbocycles. The molecule has 0 aromatic heterocycles. The number of benzene rings is 2. The van der Waals surface area contributed by atoms with Crippen LogP contribution in [0.4, 0.5) is 0 Å². The van der Waals surface area contributed by atoms with E-state index in [4.69, 9.17) is 16.3 Å². The number of ether oxygens (including phenoxy) is 1. The SMILES string of the molecule is CS(=O)(=O)c1cccc(Oc2ccc(Cl)cc2C=O)c1. The molecule has 0 aliphatic rings. The Morgan fingerprint density at radius 2 is 1.90 bits per heavy atom. The Balaban J connectivity index is 2.38. The third-order valence-corrected chi connectivity index (χ3v) is 3.91. The Labute approximate surface area is 121 Å². The van der Waals surface area contributed by atoms with Crippen molar-refractivity contribution in [2.75, 3.05) is 6.26 Å². The zero-order chi connectivity index (χ0) is 14.8. The predicted molar refractivity (Wildman–Crippen MR) is 76.5 cm³/mol. The number of aldehydes is 1. The lowest BCUT2D eigenvalue weighted by molar-refractivity contribution is 0.112. The van der Waals surface area contributed by atoms with Crippen molar-refractivity contribution in [1.29, 1.82) is 0 Å². The fourth-order valence-electron chi connectivity index (χ4n) is 1.60. The van der Waals surface area contributed by atoms with Crippen LogP contribution in [0.1, 0.15) is 10.4 Å². The average molecular weight is 311 g/mol. The number of halogens is 1. The van der Waals surface area contributed by atoms with Gasteiger partial charge in [-0.3, -0.25) is 4.79 Å². The molecule has 20 heavy (non-hydrogen) atoms. The highest BCUT2D eigenvalue weighted by atomic mass is 35.5. The van der Waals surface area contributed by atoms with E-state index >= 15 is 0 Å². The number of carbonyl (C=O) groups is 1. The van der Waals surface area contributed by atoms with Crippen molar-refractivity contribution in [3.8, 4) is 11.5 Å². The van der Waals surface area contributed by atoms with Gasteiger partial charge in [0.1, 0.15) is 11.5 Å². The summed E-state index contributed by atoms with van der Waals surface area (Å²) in [6.45, 7) is 0. The Morgan fingerprint density at radius 1 is 1.15 bits per heavy atom. The molecular formula is C14H11ClO4S. The average Bonchev–Trinajstić information content (AvgIpc) is 2.40. The summed E-state index contributed by atoms with van der Waals surface area (Å²) in [5.74, 6) is 0.647. The second-order valence-electron chi connectivity index (χ2n) is 4.15. The lowest BCUT2D eigenvalue weighted by atomic mass is 10.2. The molecule has 0 spiro atoms. The summed E-state index contributed by atoms with van der Waals surface area (Å²) in [7, 11) is -3.31. The topological polar surface area (TPSA) is 60.4 Å². The van der Waals surface area contributed by atoms with Gasteiger partial charge in [-0.2, -0.15) is 0 Å². The molecule has 0 heterocycles. The van der Waals surface area contributed by atoms with E-state index in [0.29, 0.717) is 28.4 Å². The number of hydrogen-bond acceptors (Lipinski definition) is 4. The van der Waals surface area contributed by atoms with Crippen molar-refractivity contribution in [3.05, 3.63) is 53.1 Å². The van der Waals surface area contributed by atoms with Gasteiger partial charge >= 0.3 is 0 Å². The van der Waals surface area contributed by atoms with Crippen molar-refractivity contribution >= 4 is 27.7 Å². The van der Waals surface area contributed by atoms with Crippen molar-refractivity contribution < 1.29 is 17.9 Å². The standard InChI is InChI=1S/C14H11ClO4S/c1-20(17,18)13-4-2-3-12(8-13)19-14-6-5-11(15)7-10(14)9-16/h2-9H,1H3. The highest BCUT2D eigenvalue weighted by Gasteiger charge is 2.10. The van der Waals surface area contributed by atoms with Crippen LogP contribution in [0.5, 0.6) is 11.5 Å². The summed E-state index contributed by atoms with van der Waals surface area (Å²) in [6, 6.07) is 10.7. The fourth-order valence-corrected chi connectivity index (χ4v) is 2.44. The minimum atomic E-state index is -3.31. The zero-order valence-corrected chi connectivity index (χ0v) is 12.1. The first-order chi connectivity index (χ1) is 9.40. The Bertz CT molecular complexity index is 754. The van der Waals surface area contributed by atoms with Gasteiger partial charge in [0.25, 0.3) is 0 Å². The molecule has 0 bridgehead atoms. The van der Waals surface area contributed by atoms with Gasteiger partial charge < -0.3 is 4.74 Å². The molecule has 0 saturated heterocycles. The van der Waals surface area contributed by atoms with E-state index in [1.54, 1.807) is 24.3 Å². The lowest BCUT2D eigenvalue weighted by Gasteiger charge is -2.09. The predicted octanol–water partition coefficient (Wildman–Crippen LogP) is 3.35. The molecule has 0 unspecified atom stereocenters. The summed E-state index contributed by atoms with van der Waals surface area (Å²) in [4.78, 5) is 11.1. The minimum Gasteiger partial charge on any atom is -0.457 e. The van der Waals surface area contributed by atoms with Crippen molar-refractivity contribution in [2.45, 2.75) is 4.90 Å². The maximum absolute atomic E-state index is 11.5. The molecule has 0 saturated carbocycles. The Kier molecular flexibility index (Phi) is 4.11. The van der Waals surface area contributed by atoms with Gasteiger partial charge in [0.15, 0.2) is 16.1 Å². The van der Waals surface area contributed by atoms with E-state index in [1.807, 2.05) is 0 Å². The van der Waals surface area contributed by atoms with Gasteiger partial charge in [0.2, 0.25) is 0 Å². The molecule has 6 heteroatoms. The molecular weight excluding hydrogens is 300 g/mol. The molecule has 0 N–H and O–H groups in total. The number of rotatable bonds is 4. The fraction of sp³-hybridized carbons (Fsp3) is 0.0714. The monoisotopic (exact) mass is 310 g/mol. The number of hydrogen-bond donors (Lipinski definition) is 0. The third-order valence-electron chi connectivity index (χ3n) is 2.56. The molecule has 0 fully saturated rings. The molecule has 2 aromatic rings. The summed E-state index contributed by atoms with van der Waals surface area (Å²) >= 11 is 5.79.